The molecule has 25 heavy (non-hydrogen) atoms. The first-order valence-corrected chi connectivity index (χ1v) is 8.02. The minimum absolute atomic E-state index is 0.0926. The minimum atomic E-state index is -0.857. The van der Waals surface area contributed by atoms with Crippen molar-refractivity contribution < 1.29 is 13.7 Å². The van der Waals surface area contributed by atoms with Crippen molar-refractivity contribution in [2.45, 2.75) is 25.7 Å². The summed E-state index contributed by atoms with van der Waals surface area (Å²) in [4.78, 5) is 20.9. The number of hydrogen-bond donors (Lipinski definition) is 1. The van der Waals surface area contributed by atoms with Gasteiger partial charge in [-0.25, -0.2) is 18.7 Å². The molecular formula is C16H17F2N5O2. The van der Waals surface area contributed by atoms with Gasteiger partial charge in [0.25, 0.3) is 0 Å². The smallest absolute Gasteiger partial charge is 0.351 e. The van der Waals surface area contributed by atoms with E-state index in [0.717, 1.165) is 31.7 Å². The highest BCUT2D eigenvalue weighted by Gasteiger charge is 2.28. The lowest BCUT2D eigenvalue weighted by Crippen LogP contribution is -2.26. The summed E-state index contributed by atoms with van der Waals surface area (Å²) in [6, 6.07) is 2.93. The van der Waals surface area contributed by atoms with Gasteiger partial charge < -0.3 is 10.2 Å². The molecule has 0 bridgehead atoms. The Balaban J connectivity index is 1.98. The molecule has 0 radical (unpaired) electrons. The molecule has 1 aliphatic rings. The number of nitro groups is 1. The summed E-state index contributed by atoms with van der Waals surface area (Å²) in [5.74, 6) is -1.49. The summed E-state index contributed by atoms with van der Waals surface area (Å²) in [7, 11) is 0. The Kier molecular flexibility index (Phi) is 5.01. The molecule has 0 unspecified atom stereocenters. The Morgan fingerprint density at radius 2 is 1.84 bits per heavy atom. The van der Waals surface area contributed by atoms with Gasteiger partial charge in [-0.1, -0.05) is 12.8 Å². The van der Waals surface area contributed by atoms with Crippen LogP contribution in [0.25, 0.3) is 0 Å². The number of halogens is 2. The highest BCUT2D eigenvalue weighted by atomic mass is 19.1. The first-order chi connectivity index (χ1) is 12.1. The zero-order valence-corrected chi connectivity index (χ0v) is 13.4. The number of anilines is 3. The molecule has 9 heteroatoms. The number of benzene rings is 1. The van der Waals surface area contributed by atoms with Gasteiger partial charge in [-0.15, -0.1) is 0 Å². The standard InChI is InChI=1S/C16H17F2N5O2/c17-11-5-6-13(12(18)9-11)21-15-14(23(24)25)16(20-10-19-15)22-7-3-1-2-4-8-22/h5-6,9-10H,1-4,7-8H2,(H,19,20,21). The van der Waals surface area contributed by atoms with Crippen LogP contribution in [0.3, 0.4) is 0 Å². The molecule has 2 aromatic rings. The fourth-order valence-corrected chi connectivity index (χ4v) is 2.86. The lowest BCUT2D eigenvalue weighted by Gasteiger charge is -2.21. The van der Waals surface area contributed by atoms with Crippen LogP contribution in [0.2, 0.25) is 0 Å². The van der Waals surface area contributed by atoms with Crippen LogP contribution in [0.15, 0.2) is 24.5 Å². The maximum Gasteiger partial charge on any atom is 0.353 e. The third-order valence-corrected chi connectivity index (χ3v) is 4.08. The second-order valence-corrected chi connectivity index (χ2v) is 5.80. The van der Waals surface area contributed by atoms with E-state index >= 15 is 0 Å². The lowest BCUT2D eigenvalue weighted by atomic mass is 10.2. The van der Waals surface area contributed by atoms with Crippen molar-refractivity contribution in [3.63, 3.8) is 0 Å². The van der Waals surface area contributed by atoms with Crippen molar-refractivity contribution in [1.29, 1.82) is 0 Å². The van der Waals surface area contributed by atoms with E-state index in [1.165, 1.54) is 12.4 Å². The predicted molar refractivity (Wildman–Crippen MR) is 89.0 cm³/mol. The first kappa shape index (κ1) is 17.0. The van der Waals surface area contributed by atoms with Gasteiger partial charge in [-0.05, 0) is 25.0 Å². The van der Waals surface area contributed by atoms with Crippen LogP contribution in [-0.2, 0) is 0 Å². The maximum absolute atomic E-state index is 13.9. The monoisotopic (exact) mass is 349 g/mol. The number of hydrogen-bond acceptors (Lipinski definition) is 6. The molecule has 2 heterocycles. The van der Waals surface area contributed by atoms with Crippen LogP contribution in [0.1, 0.15) is 25.7 Å². The van der Waals surface area contributed by atoms with Crippen LogP contribution in [-0.4, -0.2) is 28.0 Å². The lowest BCUT2D eigenvalue weighted by molar-refractivity contribution is -0.383. The molecule has 7 nitrogen and oxygen atoms in total. The summed E-state index contributed by atoms with van der Waals surface area (Å²) >= 11 is 0. The van der Waals surface area contributed by atoms with Crippen LogP contribution in [0.4, 0.5) is 31.8 Å². The van der Waals surface area contributed by atoms with Crippen molar-refractivity contribution in [2.75, 3.05) is 23.3 Å². The summed E-state index contributed by atoms with van der Waals surface area (Å²) < 4.78 is 26.9. The Morgan fingerprint density at radius 3 is 2.48 bits per heavy atom. The topological polar surface area (TPSA) is 84.2 Å². The molecule has 1 aromatic carbocycles. The van der Waals surface area contributed by atoms with Gasteiger partial charge in [-0.2, -0.15) is 0 Å². The van der Waals surface area contributed by atoms with Crippen molar-refractivity contribution in [3.05, 3.63) is 46.3 Å². The summed E-state index contributed by atoms with van der Waals surface area (Å²) in [6.07, 6.45) is 5.20. The maximum atomic E-state index is 13.9. The van der Waals surface area contributed by atoms with Crippen molar-refractivity contribution in [1.82, 2.24) is 9.97 Å². The number of rotatable bonds is 4. The molecule has 0 saturated carbocycles. The van der Waals surface area contributed by atoms with E-state index in [1.807, 2.05) is 4.90 Å². The van der Waals surface area contributed by atoms with E-state index in [1.54, 1.807) is 0 Å². The minimum Gasteiger partial charge on any atom is -0.351 e. The number of aromatic nitrogens is 2. The molecule has 3 rings (SSSR count). The molecule has 1 N–H and O–H groups in total. The summed E-state index contributed by atoms with van der Waals surface area (Å²) in [5, 5.41) is 14.2. The molecular weight excluding hydrogens is 332 g/mol. The van der Waals surface area contributed by atoms with Crippen LogP contribution in [0, 0.1) is 21.7 Å². The second-order valence-electron chi connectivity index (χ2n) is 5.80. The highest BCUT2D eigenvalue weighted by Crippen LogP contribution is 2.35. The average Bonchev–Trinajstić information content (AvgIpc) is 2.86. The third kappa shape index (κ3) is 3.81. The highest BCUT2D eigenvalue weighted by molar-refractivity contribution is 5.74. The van der Waals surface area contributed by atoms with Gasteiger partial charge in [0.15, 0.2) is 0 Å². The molecule has 1 saturated heterocycles. The van der Waals surface area contributed by atoms with E-state index in [0.29, 0.717) is 19.2 Å². The van der Waals surface area contributed by atoms with E-state index in [4.69, 9.17) is 0 Å². The molecule has 1 aromatic heterocycles. The average molecular weight is 349 g/mol. The van der Waals surface area contributed by atoms with Gasteiger partial charge >= 0.3 is 5.69 Å². The SMILES string of the molecule is O=[N+]([O-])c1c(Nc2ccc(F)cc2F)ncnc1N1CCCCCC1. The summed E-state index contributed by atoms with van der Waals surface area (Å²) in [6.45, 7) is 1.34. The first-order valence-electron chi connectivity index (χ1n) is 8.02. The number of nitrogens with one attached hydrogen (secondary N) is 1. The Morgan fingerprint density at radius 1 is 1.12 bits per heavy atom. The molecule has 0 atom stereocenters. The Hall–Kier alpha value is -2.84. The zero-order chi connectivity index (χ0) is 17.8. The van der Waals surface area contributed by atoms with Gasteiger partial charge in [0.2, 0.25) is 11.6 Å². The third-order valence-electron chi connectivity index (χ3n) is 4.08. The molecule has 0 spiro atoms. The fourth-order valence-electron chi connectivity index (χ4n) is 2.86. The van der Waals surface area contributed by atoms with Crippen molar-refractivity contribution in [2.24, 2.45) is 0 Å². The predicted octanol–water partition coefficient (Wildman–Crippen LogP) is 3.79. The van der Waals surface area contributed by atoms with Gasteiger partial charge in [0.1, 0.15) is 18.0 Å². The quantitative estimate of drug-likeness (QED) is 0.668. The number of nitrogens with zero attached hydrogens (tertiary/aromatic N) is 4. The molecule has 1 aliphatic heterocycles. The molecule has 132 valence electrons. The van der Waals surface area contributed by atoms with E-state index in [2.05, 4.69) is 15.3 Å². The normalized spacial score (nSPS) is 14.9. The van der Waals surface area contributed by atoms with Crippen molar-refractivity contribution in [3.8, 4) is 0 Å². The van der Waals surface area contributed by atoms with Gasteiger partial charge in [-0.3, -0.25) is 10.1 Å². The second kappa shape index (κ2) is 7.37. The van der Waals surface area contributed by atoms with E-state index in [-0.39, 0.29) is 23.0 Å². The van der Waals surface area contributed by atoms with Gasteiger partial charge in [0, 0.05) is 19.2 Å². The zero-order valence-electron chi connectivity index (χ0n) is 13.4. The van der Waals surface area contributed by atoms with Crippen molar-refractivity contribution >= 4 is 23.0 Å². The van der Waals surface area contributed by atoms with Gasteiger partial charge in [0.05, 0.1) is 10.6 Å². The van der Waals surface area contributed by atoms with Crippen LogP contribution < -0.4 is 10.2 Å². The fraction of sp³-hybridized carbons (Fsp3) is 0.375. The van der Waals surface area contributed by atoms with Crippen LogP contribution >= 0.6 is 0 Å². The van der Waals surface area contributed by atoms with E-state index < -0.39 is 16.6 Å². The largest absolute Gasteiger partial charge is 0.353 e. The van der Waals surface area contributed by atoms with Crippen LogP contribution in [0.5, 0.6) is 0 Å². The Labute approximate surface area is 142 Å². The Bertz CT molecular complexity index is 779. The molecule has 1 fully saturated rings. The summed E-state index contributed by atoms with van der Waals surface area (Å²) in [5.41, 5.74) is -0.404. The molecule has 0 aliphatic carbocycles. The molecule has 0 amide bonds. The van der Waals surface area contributed by atoms with E-state index in [9.17, 15) is 18.9 Å².